The highest BCUT2D eigenvalue weighted by Gasteiger charge is 2.36. The monoisotopic (exact) mass is 343 g/mol. The number of halogens is 2. The van der Waals surface area contributed by atoms with Crippen molar-refractivity contribution in [3.8, 4) is 0 Å². The van der Waals surface area contributed by atoms with E-state index in [0.717, 1.165) is 12.1 Å². The number of amides is 2. The van der Waals surface area contributed by atoms with Crippen molar-refractivity contribution in [3.63, 3.8) is 0 Å². The summed E-state index contributed by atoms with van der Waals surface area (Å²) >= 11 is 5.54. The van der Waals surface area contributed by atoms with Gasteiger partial charge >= 0.3 is 0 Å². The largest absolute Gasteiger partial charge is 0.355 e. The molecule has 0 radical (unpaired) electrons. The van der Waals surface area contributed by atoms with Gasteiger partial charge in [-0.05, 0) is 25.0 Å². The van der Waals surface area contributed by atoms with Gasteiger partial charge in [-0.3, -0.25) is 19.7 Å². The molecule has 1 saturated heterocycles. The van der Waals surface area contributed by atoms with Crippen LogP contribution in [0.15, 0.2) is 12.1 Å². The van der Waals surface area contributed by atoms with E-state index in [2.05, 4.69) is 10.6 Å². The Morgan fingerprint density at radius 3 is 2.83 bits per heavy atom. The van der Waals surface area contributed by atoms with Crippen molar-refractivity contribution in [2.45, 2.75) is 26.3 Å². The van der Waals surface area contributed by atoms with E-state index in [9.17, 15) is 24.1 Å². The van der Waals surface area contributed by atoms with Crippen LogP contribution < -0.4 is 10.6 Å². The van der Waals surface area contributed by atoms with Gasteiger partial charge in [0.15, 0.2) is 5.02 Å². The minimum Gasteiger partial charge on any atom is -0.355 e. The average molecular weight is 344 g/mol. The van der Waals surface area contributed by atoms with Gasteiger partial charge in [-0.2, -0.15) is 0 Å². The van der Waals surface area contributed by atoms with Crippen LogP contribution in [0.4, 0.5) is 10.1 Å². The summed E-state index contributed by atoms with van der Waals surface area (Å²) in [4.78, 5) is 33.5. The van der Waals surface area contributed by atoms with Gasteiger partial charge in [0.1, 0.15) is 5.82 Å². The molecule has 1 aliphatic heterocycles. The van der Waals surface area contributed by atoms with Crippen LogP contribution in [-0.2, 0) is 16.1 Å². The van der Waals surface area contributed by atoms with E-state index in [0.29, 0.717) is 6.42 Å². The quantitative estimate of drug-likeness (QED) is 0.644. The molecule has 2 amide bonds. The number of nitrogens with one attached hydrogen (secondary N) is 2. The highest BCUT2D eigenvalue weighted by molar-refractivity contribution is 6.32. The number of hydrogen-bond acceptors (Lipinski definition) is 4. The number of piperidine rings is 1. The molecule has 1 aliphatic rings. The van der Waals surface area contributed by atoms with Crippen LogP contribution in [0.2, 0.25) is 5.02 Å². The van der Waals surface area contributed by atoms with Crippen molar-refractivity contribution >= 4 is 29.1 Å². The van der Waals surface area contributed by atoms with Crippen molar-refractivity contribution in [1.82, 2.24) is 10.6 Å². The van der Waals surface area contributed by atoms with E-state index >= 15 is 0 Å². The second kappa shape index (κ2) is 6.49. The highest BCUT2D eigenvalue weighted by atomic mass is 35.5. The molecule has 2 N–H and O–H groups in total. The molecule has 1 heterocycles. The lowest BCUT2D eigenvalue weighted by atomic mass is 9.81. The van der Waals surface area contributed by atoms with Gasteiger partial charge in [0, 0.05) is 25.6 Å². The average Bonchev–Trinajstić information content (AvgIpc) is 2.50. The first-order valence-electron chi connectivity index (χ1n) is 6.90. The Labute approximate surface area is 136 Å². The van der Waals surface area contributed by atoms with Gasteiger partial charge in [-0.15, -0.1) is 0 Å². The first-order valence-corrected chi connectivity index (χ1v) is 7.28. The summed E-state index contributed by atoms with van der Waals surface area (Å²) < 4.78 is 13.6. The molecule has 2 rings (SSSR count). The van der Waals surface area contributed by atoms with E-state index in [1.165, 1.54) is 0 Å². The van der Waals surface area contributed by atoms with Gasteiger partial charge < -0.3 is 10.6 Å². The standard InChI is InChI=1S/C14H15ClFN3O4/c1-14(3-2-11(20)18-7-14)13(21)17-6-8-4-9(16)12(15)10(5-8)19(22)23/h4-5H,2-3,6-7H2,1H3,(H,17,21)(H,18,20). The zero-order valence-corrected chi connectivity index (χ0v) is 13.1. The fraction of sp³-hybridized carbons (Fsp3) is 0.429. The van der Waals surface area contributed by atoms with Gasteiger partial charge in [0.05, 0.1) is 10.3 Å². The summed E-state index contributed by atoms with van der Waals surface area (Å²) in [5.41, 5.74) is -1.08. The van der Waals surface area contributed by atoms with E-state index < -0.39 is 26.9 Å². The summed E-state index contributed by atoms with van der Waals surface area (Å²) in [5, 5.41) is 15.5. The topological polar surface area (TPSA) is 101 Å². The van der Waals surface area contributed by atoms with Crippen molar-refractivity contribution in [2.24, 2.45) is 5.41 Å². The number of benzene rings is 1. The van der Waals surface area contributed by atoms with Gasteiger partial charge in [0.25, 0.3) is 5.69 Å². The van der Waals surface area contributed by atoms with Gasteiger partial charge in [-0.25, -0.2) is 4.39 Å². The van der Waals surface area contributed by atoms with Crippen LogP contribution in [-0.4, -0.2) is 23.3 Å². The van der Waals surface area contributed by atoms with Gasteiger partial charge in [-0.1, -0.05) is 11.6 Å². The third-order valence-electron chi connectivity index (χ3n) is 3.85. The number of carbonyl (C=O) groups excluding carboxylic acids is 2. The molecule has 1 aromatic rings. The second-order valence-corrected chi connectivity index (χ2v) is 6.07. The Balaban J connectivity index is 2.07. The zero-order chi connectivity index (χ0) is 17.2. The van der Waals surface area contributed by atoms with Gasteiger partial charge in [0.2, 0.25) is 11.8 Å². The van der Waals surface area contributed by atoms with E-state index in [-0.39, 0.29) is 36.9 Å². The maximum atomic E-state index is 13.6. The summed E-state index contributed by atoms with van der Waals surface area (Å²) in [7, 11) is 0. The minimum absolute atomic E-state index is 0.0721. The molecule has 1 aromatic carbocycles. The van der Waals surface area contributed by atoms with Crippen LogP contribution >= 0.6 is 11.6 Å². The zero-order valence-electron chi connectivity index (χ0n) is 12.3. The number of rotatable bonds is 4. The van der Waals surface area contributed by atoms with Crippen molar-refractivity contribution in [1.29, 1.82) is 0 Å². The lowest BCUT2D eigenvalue weighted by Crippen LogP contribution is -2.50. The number of nitro groups is 1. The predicted molar refractivity (Wildman–Crippen MR) is 80.3 cm³/mol. The molecule has 1 atom stereocenters. The molecule has 7 nitrogen and oxygen atoms in total. The molecule has 0 aromatic heterocycles. The Morgan fingerprint density at radius 2 is 2.26 bits per heavy atom. The van der Waals surface area contributed by atoms with E-state index in [1.54, 1.807) is 6.92 Å². The molecule has 0 spiro atoms. The molecule has 0 saturated carbocycles. The molecular weight excluding hydrogens is 329 g/mol. The lowest BCUT2D eigenvalue weighted by molar-refractivity contribution is -0.384. The summed E-state index contributed by atoms with van der Waals surface area (Å²) in [6, 6.07) is 2.16. The normalized spacial score (nSPS) is 20.7. The molecule has 23 heavy (non-hydrogen) atoms. The lowest BCUT2D eigenvalue weighted by Gasteiger charge is -2.32. The molecule has 0 bridgehead atoms. The minimum atomic E-state index is -0.916. The van der Waals surface area contributed by atoms with Crippen molar-refractivity contribution in [2.75, 3.05) is 6.54 Å². The Bertz CT molecular complexity index is 670. The number of nitro benzene ring substituents is 1. The molecule has 124 valence electrons. The Hall–Kier alpha value is -2.22. The fourth-order valence-corrected chi connectivity index (χ4v) is 2.49. The SMILES string of the molecule is CC1(C(=O)NCc2cc(F)c(Cl)c([N+](=O)[O-])c2)CCC(=O)NC1. The summed E-state index contributed by atoms with van der Waals surface area (Å²) in [6.07, 6.45) is 0.657. The van der Waals surface area contributed by atoms with Crippen LogP contribution in [0.25, 0.3) is 0 Å². The maximum absolute atomic E-state index is 13.6. The first kappa shape index (κ1) is 17.1. The van der Waals surface area contributed by atoms with Crippen LogP contribution in [0.1, 0.15) is 25.3 Å². The number of nitrogens with zero attached hydrogens (tertiary/aromatic N) is 1. The fourth-order valence-electron chi connectivity index (χ4n) is 2.31. The summed E-state index contributed by atoms with van der Waals surface area (Å²) in [5.74, 6) is -1.33. The van der Waals surface area contributed by atoms with E-state index in [4.69, 9.17) is 11.6 Å². The highest BCUT2D eigenvalue weighted by Crippen LogP contribution is 2.29. The van der Waals surface area contributed by atoms with Crippen molar-refractivity contribution in [3.05, 3.63) is 38.7 Å². The third-order valence-corrected chi connectivity index (χ3v) is 4.22. The molecule has 1 unspecified atom stereocenters. The van der Waals surface area contributed by atoms with E-state index in [1.807, 2.05) is 0 Å². The number of carbonyl (C=O) groups is 2. The van der Waals surface area contributed by atoms with Crippen LogP contribution in [0, 0.1) is 21.3 Å². The van der Waals surface area contributed by atoms with Crippen molar-refractivity contribution < 1.29 is 18.9 Å². The van der Waals surface area contributed by atoms with Crippen LogP contribution in [0.5, 0.6) is 0 Å². The molecule has 9 heteroatoms. The van der Waals surface area contributed by atoms with Crippen LogP contribution in [0.3, 0.4) is 0 Å². The molecule has 1 fully saturated rings. The number of hydrogen-bond donors (Lipinski definition) is 2. The Morgan fingerprint density at radius 1 is 1.57 bits per heavy atom. The Kier molecular flexibility index (Phi) is 4.84. The third kappa shape index (κ3) is 3.76. The first-order chi connectivity index (χ1) is 10.7. The predicted octanol–water partition coefficient (Wildman–Crippen LogP) is 1.92. The maximum Gasteiger partial charge on any atom is 0.291 e. The molecule has 0 aliphatic carbocycles. The smallest absolute Gasteiger partial charge is 0.291 e. The second-order valence-electron chi connectivity index (χ2n) is 5.69. The summed E-state index contributed by atoms with van der Waals surface area (Å²) in [6.45, 7) is 1.86. The molecular formula is C14H15ClFN3O4.